The second kappa shape index (κ2) is 5.30. The minimum absolute atomic E-state index is 0.0175. The van der Waals surface area contributed by atoms with E-state index in [9.17, 15) is 14.9 Å². The molecule has 1 aromatic heterocycles. The van der Waals surface area contributed by atoms with Crippen LogP contribution in [-0.2, 0) is 4.79 Å². The van der Waals surface area contributed by atoms with Crippen molar-refractivity contribution in [1.29, 1.82) is 0 Å². The van der Waals surface area contributed by atoms with Crippen LogP contribution in [0, 0.1) is 10.1 Å². The first-order valence-electron chi connectivity index (χ1n) is 5.59. The Morgan fingerprint density at radius 2 is 2.11 bits per heavy atom. The minimum atomic E-state index is -0.475. The van der Waals surface area contributed by atoms with Crippen molar-refractivity contribution < 1.29 is 14.1 Å². The number of nitrogens with zero attached hydrogens (tertiary/aromatic N) is 1. The van der Waals surface area contributed by atoms with Gasteiger partial charge in [0.05, 0.1) is 16.8 Å². The maximum atomic E-state index is 11.6. The Bertz CT molecular complexity index is 641. The van der Waals surface area contributed by atoms with Crippen LogP contribution in [0.4, 0.5) is 5.69 Å². The van der Waals surface area contributed by atoms with Gasteiger partial charge in [-0.15, -0.1) is 0 Å². The normalized spacial score (nSPS) is 11.3. The van der Waals surface area contributed by atoms with Gasteiger partial charge in [0.2, 0.25) is 0 Å². The Morgan fingerprint density at radius 1 is 1.32 bits per heavy atom. The zero-order valence-electron chi connectivity index (χ0n) is 10.2. The number of benzene rings is 1. The lowest BCUT2D eigenvalue weighted by molar-refractivity contribution is -0.384. The molecule has 0 fully saturated rings. The molecule has 0 saturated carbocycles. The summed E-state index contributed by atoms with van der Waals surface area (Å²) in [6.07, 6.45) is 3.05. The molecule has 5 heteroatoms. The summed E-state index contributed by atoms with van der Waals surface area (Å²) >= 11 is 0. The predicted octanol–water partition coefficient (Wildman–Crippen LogP) is 3.32. The molecule has 2 aromatic rings. The average Bonchev–Trinajstić information content (AvgIpc) is 2.89. The number of Topliss-reactive ketones (excluding diaryl/α,β-unsaturated/α-hetero) is 1. The Balaban J connectivity index is 2.45. The Morgan fingerprint density at radius 3 is 2.68 bits per heavy atom. The fourth-order valence-electron chi connectivity index (χ4n) is 1.67. The second-order valence-corrected chi connectivity index (χ2v) is 3.94. The molecule has 0 spiro atoms. The van der Waals surface area contributed by atoms with E-state index < -0.39 is 4.92 Å². The quantitative estimate of drug-likeness (QED) is 0.478. The number of non-ortho nitro benzene ring substituents is 1. The van der Waals surface area contributed by atoms with Gasteiger partial charge in [-0.1, -0.05) is 12.1 Å². The fourth-order valence-corrected chi connectivity index (χ4v) is 1.67. The summed E-state index contributed by atoms with van der Waals surface area (Å²) in [4.78, 5) is 21.8. The number of hydrogen-bond acceptors (Lipinski definition) is 4. The molecule has 1 heterocycles. The zero-order chi connectivity index (χ0) is 13.8. The molecular weight excluding hydrogens is 246 g/mol. The standard InChI is InChI=1S/C14H11NO4/c1-10(16)13(14-6-3-7-19-14)9-11-4-2-5-12(8-11)15(17)18/h2-9H,1H3. The summed E-state index contributed by atoms with van der Waals surface area (Å²) in [5.74, 6) is 0.278. The Labute approximate surface area is 109 Å². The van der Waals surface area contributed by atoms with Gasteiger partial charge in [0.1, 0.15) is 5.76 Å². The molecule has 0 radical (unpaired) electrons. The van der Waals surface area contributed by atoms with Gasteiger partial charge in [-0.05, 0) is 30.7 Å². The molecule has 0 atom stereocenters. The van der Waals surface area contributed by atoms with Gasteiger partial charge in [0.25, 0.3) is 5.69 Å². The molecular formula is C14H11NO4. The number of rotatable bonds is 4. The number of hydrogen-bond donors (Lipinski definition) is 0. The third kappa shape index (κ3) is 2.95. The van der Waals surface area contributed by atoms with Crippen LogP contribution in [0.15, 0.2) is 47.1 Å². The lowest BCUT2D eigenvalue weighted by Gasteiger charge is -2.00. The molecule has 2 rings (SSSR count). The van der Waals surface area contributed by atoms with Crippen LogP contribution in [-0.4, -0.2) is 10.7 Å². The van der Waals surface area contributed by atoms with E-state index in [1.54, 1.807) is 30.3 Å². The first-order valence-corrected chi connectivity index (χ1v) is 5.59. The summed E-state index contributed by atoms with van der Waals surface area (Å²) in [5.41, 5.74) is 0.942. The van der Waals surface area contributed by atoms with Gasteiger partial charge in [-0.2, -0.15) is 0 Å². The number of furan rings is 1. The molecule has 0 amide bonds. The molecule has 96 valence electrons. The highest BCUT2D eigenvalue weighted by Crippen LogP contribution is 2.22. The lowest BCUT2D eigenvalue weighted by Crippen LogP contribution is -1.95. The van der Waals surface area contributed by atoms with Gasteiger partial charge in [-0.3, -0.25) is 14.9 Å². The van der Waals surface area contributed by atoms with Gasteiger partial charge in [0, 0.05) is 12.1 Å². The van der Waals surface area contributed by atoms with E-state index in [0.29, 0.717) is 16.9 Å². The van der Waals surface area contributed by atoms with Gasteiger partial charge < -0.3 is 4.42 Å². The smallest absolute Gasteiger partial charge is 0.270 e. The van der Waals surface area contributed by atoms with Crippen molar-refractivity contribution >= 4 is 23.1 Å². The van der Waals surface area contributed by atoms with Crippen LogP contribution in [0.25, 0.3) is 11.6 Å². The molecule has 1 aromatic carbocycles. The molecule has 0 aliphatic heterocycles. The zero-order valence-corrected chi connectivity index (χ0v) is 10.2. The maximum Gasteiger partial charge on any atom is 0.270 e. The lowest BCUT2D eigenvalue weighted by atomic mass is 10.1. The van der Waals surface area contributed by atoms with Crippen LogP contribution in [0.3, 0.4) is 0 Å². The first-order chi connectivity index (χ1) is 9.08. The summed E-state index contributed by atoms with van der Waals surface area (Å²) in [7, 11) is 0. The van der Waals surface area contributed by atoms with Crippen molar-refractivity contribution in [2.45, 2.75) is 6.92 Å². The van der Waals surface area contributed by atoms with Crippen molar-refractivity contribution in [1.82, 2.24) is 0 Å². The van der Waals surface area contributed by atoms with Crippen LogP contribution in [0.5, 0.6) is 0 Å². The van der Waals surface area contributed by atoms with E-state index in [1.165, 1.54) is 25.3 Å². The van der Waals surface area contributed by atoms with E-state index >= 15 is 0 Å². The maximum absolute atomic E-state index is 11.6. The van der Waals surface area contributed by atoms with E-state index in [4.69, 9.17) is 4.42 Å². The number of nitro benzene ring substituents is 1. The molecule has 0 aliphatic rings. The highest BCUT2D eigenvalue weighted by molar-refractivity contribution is 6.23. The van der Waals surface area contributed by atoms with Crippen molar-refractivity contribution in [3.8, 4) is 0 Å². The van der Waals surface area contributed by atoms with Crippen LogP contribution < -0.4 is 0 Å². The molecule has 0 N–H and O–H groups in total. The third-order valence-corrected chi connectivity index (χ3v) is 2.56. The van der Waals surface area contributed by atoms with E-state index in [0.717, 1.165) is 0 Å². The minimum Gasteiger partial charge on any atom is -0.464 e. The van der Waals surface area contributed by atoms with Crippen molar-refractivity contribution in [2.24, 2.45) is 0 Å². The monoisotopic (exact) mass is 257 g/mol. The Kier molecular flexibility index (Phi) is 3.56. The van der Waals surface area contributed by atoms with E-state index in [-0.39, 0.29) is 11.5 Å². The summed E-state index contributed by atoms with van der Waals surface area (Å²) in [6.45, 7) is 1.42. The average molecular weight is 257 g/mol. The number of ketones is 1. The summed E-state index contributed by atoms with van der Waals surface area (Å²) in [5, 5.41) is 10.7. The number of nitro groups is 1. The van der Waals surface area contributed by atoms with E-state index in [2.05, 4.69) is 0 Å². The van der Waals surface area contributed by atoms with Crippen LogP contribution in [0.1, 0.15) is 18.2 Å². The van der Waals surface area contributed by atoms with Crippen molar-refractivity contribution in [3.05, 3.63) is 64.1 Å². The number of carbonyl (C=O) groups is 1. The summed E-state index contributed by atoms with van der Waals surface area (Å²) in [6, 6.07) is 9.43. The molecule has 0 saturated heterocycles. The molecule has 0 unspecified atom stereocenters. The highest BCUT2D eigenvalue weighted by Gasteiger charge is 2.11. The van der Waals surface area contributed by atoms with Gasteiger partial charge >= 0.3 is 0 Å². The molecule has 5 nitrogen and oxygen atoms in total. The Hall–Kier alpha value is -2.69. The SMILES string of the molecule is CC(=O)C(=Cc1cccc([N+](=O)[O-])c1)c1ccco1. The third-order valence-electron chi connectivity index (χ3n) is 2.56. The number of carbonyl (C=O) groups excluding carboxylic acids is 1. The fraction of sp³-hybridized carbons (Fsp3) is 0.0714. The van der Waals surface area contributed by atoms with Crippen molar-refractivity contribution in [3.63, 3.8) is 0 Å². The van der Waals surface area contributed by atoms with Gasteiger partial charge in [-0.25, -0.2) is 0 Å². The molecule has 19 heavy (non-hydrogen) atoms. The largest absolute Gasteiger partial charge is 0.464 e. The van der Waals surface area contributed by atoms with Crippen LogP contribution >= 0.6 is 0 Å². The molecule has 0 aliphatic carbocycles. The number of allylic oxidation sites excluding steroid dienone is 1. The highest BCUT2D eigenvalue weighted by atomic mass is 16.6. The molecule has 0 bridgehead atoms. The van der Waals surface area contributed by atoms with Crippen LogP contribution in [0.2, 0.25) is 0 Å². The topological polar surface area (TPSA) is 73.3 Å². The van der Waals surface area contributed by atoms with Crippen molar-refractivity contribution in [2.75, 3.05) is 0 Å². The second-order valence-electron chi connectivity index (χ2n) is 3.94. The van der Waals surface area contributed by atoms with Gasteiger partial charge in [0.15, 0.2) is 5.78 Å². The predicted molar refractivity (Wildman–Crippen MR) is 70.4 cm³/mol. The first kappa shape index (κ1) is 12.8. The summed E-state index contributed by atoms with van der Waals surface area (Å²) < 4.78 is 5.18. The van der Waals surface area contributed by atoms with E-state index in [1.807, 2.05) is 0 Å².